The van der Waals surface area contributed by atoms with Crippen molar-refractivity contribution in [2.24, 2.45) is 0 Å². The second kappa shape index (κ2) is 9.00. The molecular weight excluding hydrogens is 448 g/mol. The normalized spacial score (nSPS) is 18.6. The zero-order valence-corrected chi connectivity index (χ0v) is 20.5. The van der Waals surface area contributed by atoms with Crippen molar-refractivity contribution < 1.29 is 18.9 Å². The molecular formula is C22H28N4O4S2. The van der Waals surface area contributed by atoms with E-state index in [9.17, 15) is 0 Å². The summed E-state index contributed by atoms with van der Waals surface area (Å²) in [4.78, 5) is 17.8. The van der Waals surface area contributed by atoms with Gasteiger partial charge in [-0.25, -0.2) is 15.0 Å². The fourth-order valence-electron chi connectivity index (χ4n) is 4.29. The van der Waals surface area contributed by atoms with Crippen LogP contribution < -0.4 is 4.90 Å². The molecule has 0 radical (unpaired) electrons. The molecule has 0 aliphatic carbocycles. The molecule has 0 atom stereocenters. The Kier molecular flexibility index (Phi) is 6.26. The molecule has 10 heteroatoms. The Hall–Kier alpha value is -1.56. The van der Waals surface area contributed by atoms with Crippen LogP contribution in [0.25, 0.3) is 20.4 Å². The van der Waals surface area contributed by atoms with E-state index in [4.69, 9.17) is 28.9 Å². The van der Waals surface area contributed by atoms with Crippen molar-refractivity contribution in [1.29, 1.82) is 0 Å². The van der Waals surface area contributed by atoms with Gasteiger partial charge in [0.1, 0.15) is 22.0 Å². The third-order valence-electron chi connectivity index (χ3n) is 5.97. The van der Waals surface area contributed by atoms with Crippen LogP contribution in [0.2, 0.25) is 0 Å². The number of ether oxygens (including phenoxy) is 4. The Labute approximate surface area is 195 Å². The number of hydrogen-bond acceptors (Lipinski definition) is 10. The largest absolute Gasteiger partial charge is 0.378 e. The number of nitrogens with zero attached hydrogens (tertiary/aromatic N) is 4. The number of aromatic nitrogens is 3. The van der Waals surface area contributed by atoms with Crippen LogP contribution in [-0.4, -0.2) is 73.1 Å². The molecule has 0 spiro atoms. The van der Waals surface area contributed by atoms with Crippen LogP contribution in [-0.2, 0) is 32.0 Å². The molecule has 3 aromatic rings. The highest BCUT2D eigenvalue weighted by Gasteiger charge is 2.33. The standard InChI is InChI=1S/C22H28N4O4S2/c1-22(2)9-13-14(10-30-22)19(26-5-7-29-8-6-26)25-20-16(13)17-18(32-20)21(24-12-23-17)31-11-15(27-3)28-4/h12,15H,5-11H2,1-4H3. The van der Waals surface area contributed by atoms with Gasteiger partial charge in [0.2, 0.25) is 0 Å². The van der Waals surface area contributed by atoms with E-state index in [2.05, 4.69) is 23.7 Å². The molecule has 3 aromatic heterocycles. The van der Waals surface area contributed by atoms with Gasteiger partial charge in [0.25, 0.3) is 0 Å². The number of thioether (sulfide) groups is 1. The van der Waals surface area contributed by atoms with Gasteiger partial charge in [-0.05, 0) is 19.4 Å². The van der Waals surface area contributed by atoms with Crippen LogP contribution in [0.15, 0.2) is 11.4 Å². The Morgan fingerprint density at radius 1 is 1.19 bits per heavy atom. The van der Waals surface area contributed by atoms with E-state index in [1.54, 1.807) is 43.6 Å². The lowest BCUT2D eigenvalue weighted by atomic mass is 9.90. The van der Waals surface area contributed by atoms with Gasteiger partial charge in [-0.2, -0.15) is 0 Å². The van der Waals surface area contributed by atoms with Crippen molar-refractivity contribution in [2.45, 2.75) is 43.8 Å². The number of anilines is 1. The molecule has 5 rings (SSSR count). The first-order chi connectivity index (χ1) is 15.5. The molecule has 0 unspecified atom stereocenters. The first-order valence-corrected chi connectivity index (χ1v) is 12.5. The van der Waals surface area contributed by atoms with Crippen molar-refractivity contribution in [3.8, 4) is 0 Å². The minimum Gasteiger partial charge on any atom is -0.378 e. The highest BCUT2D eigenvalue weighted by molar-refractivity contribution is 7.99. The topological polar surface area (TPSA) is 78.8 Å². The summed E-state index contributed by atoms with van der Waals surface area (Å²) in [6, 6.07) is 0. The summed E-state index contributed by atoms with van der Waals surface area (Å²) < 4.78 is 23.6. The molecule has 0 aromatic carbocycles. The Bertz CT molecular complexity index is 1130. The van der Waals surface area contributed by atoms with Crippen molar-refractivity contribution in [2.75, 3.05) is 51.2 Å². The fraction of sp³-hybridized carbons (Fsp3) is 0.591. The average molecular weight is 477 g/mol. The lowest BCUT2D eigenvalue weighted by molar-refractivity contribution is -0.0842. The first kappa shape index (κ1) is 22.2. The summed E-state index contributed by atoms with van der Waals surface area (Å²) in [5.74, 6) is 1.68. The van der Waals surface area contributed by atoms with Crippen LogP contribution >= 0.6 is 23.1 Å². The minimum absolute atomic E-state index is 0.230. The summed E-state index contributed by atoms with van der Waals surface area (Å²) in [5, 5.41) is 2.08. The van der Waals surface area contributed by atoms with E-state index in [0.29, 0.717) is 12.4 Å². The van der Waals surface area contributed by atoms with Gasteiger partial charge in [0, 0.05) is 44.7 Å². The summed E-state index contributed by atoms with van der Waals surface area (Å²) in [6.07, 6.45) is 2.20. The van der Waals surface area contributed by atoms with Gasteiger partial charge >= 0.3 is 0 Å². The maximum atomic E-state index is 6.21. The molecule has 0 N–H and O–H groups in total. The smallest absolute Gasteiger partial charge is 0.166 e. The van der Waals surface area contributed by atoms with Crippen LogP contribution in [0, 0.1) is 0 Å². The van der Waals surface area contributed by atoms with Crippen molar-refractivity contribution in [1.82, 2.24) is 15.0 Å². The Balaban J connectivity index is 1.66. The van der Waals surface area contributed by atoms with E-state index >= 15 is 0 Å². The lowest BCUT2D eigenvalue weighted by Crippen LogP contribution is -2.39. The van der Waals surface area contributed by atoms with Crippen molar-refractivity contribution in [3.63, 3.8) is 0 Å². The zero-order valence-electron chi connectivity index (χ0n) is 18.8. The molecule has 0 bridgehead atoms. The SMILES string of the molecule is COC(CSc1ncnc2c1sc1nc(N3CCOCC3)c3c(c12)CC(C)(C)OC3)OC. The van der Waals surface area contributed by atoms with Crippen molar-refractivity contribution >= 4 is 49.3 Å². The van der Waals surface area contributed by atoms with Crippen molar-refractivity contribution in [3.05, 3.63) is 17.5 Å². The number of morpholine rings is 1. The third kappa shape index (κ3) is 4.08. The fourth-order valence-corrected chi connectivity index (χ4v) is 6.54. The van der Waals surface area contributed by atoms with Crippen LogP contribution in [0.5, 0.6) is 0 Å². The number of hydrogen-bond donors (Lipinski definition) is 0. The van der Waals surface area contributed by atoms with E-state index in [1.807, 2.05) is 0 Å². The van der Waals surface area contributed by atoms with Crippen LogP contribution in [0.3, 0.4) is 0 Å². The summed E-state index contributed by atoms with van der Waals surface area (Å²) in [6.45, 7) is 7.99. The highest BCUT2D eigenvalue weighted by atomic mass is 32.2. The van der Waals surface area contributed by atoms with Gasteiger partial charge in [-0.15, -0.1) is 11.3 Å². The maximum absolute atomic E-state index is 6.21. The Morgan fingerprint density at radius 3 is 2.72 bits per heavy atom. The molecule has 1 saturated heterocycles. The second-order valence-electron chi connectivity index (χ2n) is 8.57. The number of thiophene rings is 1. The van der Waals surface area contributed by atoms with Gasteiger partial charge in [0.15, 0.2) is 6.29 Å². The number of methoxy groups -OCH3 is 2. The molecule has 172 valence electrons. The molecule has 2 aliphatic heterocycles. The number of pyridine rings is 1. The van der Waals surface area contributed by atoms with Crippen LogP contribution in [0.1, 0.15) is 25.0 Å². The molecule has 5 heterocycles. The predicted molar refractivity (Wildman–Crippen MR) is 127 cm³/mol. The maximum Gasteiger partial charge on any atom is 0.166 e. The van der Waals surface area contributed by atoms with Crippen LogP contribution in [0.4, 0.5) is 5.82 Å². The third-order valence-corrected chi connectivity index (χ3v) is 8.20. The number of rotatable bonds is 6. The van der Waals surface area contributed by atoms with E-state index < -0.39 is 0 Å². The summed E-state index contributed by atoms with van der Waals surface area (Å²) in [5.41, 5.74) is 3.24. The molecule has 0 amide bonds. The number of fused-ring (bicyclic) bond motifs is 5. The minimum atomic E-state index is -0.281. The van der Waals surface area contributed by atoms with Gasteiger partial charge < -0.3 is 23.8 Å². The highest BCUT2D eigenvalue weighted by Crippen LogP contribution is 2.44. The van der Waals surface area contributed by atoms with E-state index in [-0.39, 0.29) is 11.9 Å². The van der Waals surface area contributed by atoms with Gasteiger partial charge in [-0.1, -0.05) is 11.8 Å². The first-order valence-electron chi connectivity index (χ1n) is 10.7. The lowest BCUT2D eigenvalue weighted by Gasteiger charge is -2.36. The monoisotopic (exact) mass is 476 g/mol. The summed E-state index contributed by atoms with van der Waals surface area (Å²) in [7, 11) is 3.30. The summed E-state index contributed by atoms with van der Waals surface area (Å²) >= 11 is 3.29. The quantitative estimate of drug-likeness (QED) is 0.301. The predicted octanol–water partition coefficient (Wildman–Crippen LogP) is 3.64. The van der Waals surface area contributed by atoms with E-state index in [1.165, 1.54) is 11.1 Å². The van der Waals surface area contributed by atoms with Gasteiger partial charge in [0.05, 0.1) is 41.4 Å². The van der Waals surface area contributed by atoms with Gasteiger partial charge in [-0.3, -0.25) is 0 Å². The molecule has 2 aliphatic rings. The molecule has 32 heavy (non-hydrogen) atoms. The molecule has 0 saturated carbocycles. The Morgan fingerprint density at radius 2 is 1.97 bits per heavy atom. The molecule has 1 fully saturated rings. The average Bonchev–Trinajstić information content (AvgIpc) is 3.18. The molecule has 8 nitrogen and oxygen atoms in total. The second-order valence-corrected chi connectivity index (χ2v) is 10.6. The van der Waals surface area contributed by atoms with E-state index in [0.717, 1.165) is 64.0 Å². The zero-order chi connectivity index (χ0) is 22.3.